The van der Waals surface area contributed by atoms with Crippen LogP contribution in [0.5, 0.6) is 0 Å². The van der Waals surface area contributed by atoms with Crippen molar-refractivity contribution in [2.75, 3.05) is 26.3 Å². The molecular weight excluding hydrogens is 307 g/mol. The Bertz CT molecular complexity index is 508. The molecule has 1 heterocycles. The molecule has 128 valence electrons. The van der Waals surface area contributed by atoms with Gasteiger partial charge in [0.05, 0.1) is 12.2 Å². The van der Waals surface area contributed by atoms with Crippen LogP contribution in [-0.2, 0) is 22.1 Å². The van der Waals surface area contributed by atoms with Crippen molar-refractivity contribution >= 4 is 5.91 Å². The molecule has 6 heteroatoms. The molecule has 0 N–H and O–H groups in total. The molecule has 0 spiro atoms. The average molecular weight is 329 g/mol. The van der Waals surface area contributed by atoms with Gasteiger partial charge in [-0.15, -0.1) is 0 Å². The molecule has 0 unspecified atom stereocenters. The molecule has 1 aliphatic rings. The second-order valence-electron chi connectivity index (χ2n) is 5.86. The Hall–Kier alpha value is -1.56. The third-order valence-electron chi connectivity index (χ3n) is 4.15. The minimum atomic E-state index is -4.32. The first-order valence-electron chi connectivity index (χ1n) is 7.91. The standard InChI is InChI=1S/C17H22F3NO2/c1-2-21(11-14-9-10-23-12-14)16(22)8-5-13-3-6-15(7-4-13)17(18,19)20/h3-4,6-7,14H,2,5,8-12H2,1H3/t14-/m1/s1. The molecule has 2 rings (SSSR count). The van der Waals surface area contributed by atoms with Crippen LogP contribution in [0.15, 0.2) is 24.3 Å². The van der Waals surface area contributed by atoms with Crippen LogP contribution < -0.4 is 0 Å². The minimum absolute atomic E-state index is 0.0410. The molecule has 23 heavy (non-hydrogen) atoms. The van der Waals surface area contributed by atoms with Crippen molar-refractivity contribution in [1.29, 1.82) is 0 Å². The summed E-state index contributed by atoms with van der Waals surface area (Å²) in [7, 11) is 0. The van der Waals surface area contributed by atoms with Gasteiger partial charge in [-0.2, -0.15) is 13.2 Å². The molecule has 1 aromatic rings. The zero-order chi connectivity index (χ0) is 16.9. The molecule has 0 radical (unpaired) electrons. The van der Waals surface area contributed by atoms with Gasteiger partial charge in [0.1, 0.15) is 0 Å². The van der Waals surface area contributed by atoms with E-state index in [9.17, 15) is 18.0 Å². The quantitative estimate of drug-likeness (QED) is 0.799. The Morgan fingerprint density at radius 2 is 2.00 bits per heavy atom. The number of hydrogen-bond donors (Lipinski definition) is 0. The van der Waals surface area contributed by atoms with Crippen LogP contribution >= 0.6 is 0 Å². The number of nitrogens with zero attached hydrogens (tertiary/aromatic N) is 1. The predicted molar refractivity (Wildman–Crippen MR) is 80.9 cm³/mol. The highest BCUT2D eigenvalue weighted by atomic mass is 19.4. The summed E-state index contributed by atoms with van der Waals surface area (Å²) in [6, 6.07) is 5.01. The Kier molecular flexibility index (Phi) is 6.04. The first-order valence-corrected chi connectivity index (χ1v) is 7.91. The summed E-state index contributed by atoms with van der Waals surface area (Å²) < 4.78 is 42.8. The summed E-state index contributed by atoms with van der Waals surface area (Å²) in [5, 5.41) is 0. The highest BCUT2D eigenvalue weighted by Crippen LogP contribution is 2.29. The van der Waals surface area contributed by atoms with E-state index in [0.29, 0.717) is 38.5 Å². The molecule has 1 aliphatic heterocycles. The summed E-state index contributed by atoms with van der Waals surface area (Å²) in [5.41, 5.74) is 0.0793. The molecule has 1 aromatic carbocycles. The van der Waals surface area contributed by atoms with Gasteiger partial charge in [0, 0.05) is 32.0 Å². The smallest absolute Gasteiger partial charge is 0.381 e. The number of alkyl halides is 3. The van der Waals surface area contributed by atoms with Crippen molar-refractivity contribution in [3.05, 3.63) is 35.4 Å². The largest absolute Gasteiger partial charge is 0.416 e. The normalized spacial score (nSPS) is 18.2. The van der Waals surface area contributed by atoms with Gasteiger partial charge in [-0.05, 0) is 37.5 Å². The molecule has 3 nitrogen and oxygen atoms in total. The zero-order valence-corrected chi connectivity index (χ0v) is 13.2. The lowest BCUT2D eigenvalue weighted by Crippen LogP contribution is -2.35. The Morgan fingerprint density at radius 3 is 2.52 bits per heavy atom. The van der Waals surface area contributed by atoms with Crippen LogP contribution in [0.25, 0.3) is 0 Å². The van der Waals surface area contributed by atoms with Crippen LogP contribution in [0.2, 0.25) is 0 Å². The number of aryl methyl sites for hydroxylation is 1. The number of carbonyl (C=O) groups excluding carboxylic acids is 1. The van der Waals surface area contributed by atoms with Gasteiger partial charge in [0.2, 0.25) is 5.91 Å². The fraction of sp³-hybridized carbons (Fsp3) is 0.588. The van der Waals surface area contributed by atoms with Gasteiger partial charge < -0.3 is 9.64 Å². The molecule has 1 saturated heterocycles. The zero-order valence-electron chi connectivity index (χ0n) is 13.2. The van der Waals surface area contributed by atoms with E-state index in [2.05, 4.69) is 0 Å². The second-order valence-corrected chi connectivity index (χ2v) is 5.86. The number of carbonyl (C=O) groups is 1. The van der Waals surface area contributed by atoms with E-state index >= 15 is 0 Å². The highest BCUT2D eigenvalue weighted by Gasteiger charge is 2.30. The summed E-state index contributed by atoms with van der Waals surface area (Å²) in [6.07, 6.45) is -2.58. The lowest BCUT2D eigenvalue weighted by molar-refractivity contribution is -0.137. The van der Waals surface area contributed by atoms with E-state index in [4.69, 9.17) is 4.74 Å². The number of halogens is 3. The van der Waals surface area contributed by atoms with Crippen LogP contribution in [0, 0.1) is 5.92 Å². The van der Waals surface area contributed by atoms with E-state index < -0.39 is 11.7 Å². The topological polar surface area (TPSA) is 29.5 Å². The fourth-order valence-corrected chi connectivity index (χ4v) is 2.72. The summed E-state index contributed by atoms with van der Waals surface area (Å²) >= 11 is 0. The van der Waals surface area contributed by atoms with Gasteiger partial charge in [-0.3, -0.25) is 4.79 Å². The Balaban J connectivity index is 1.84. The van der Waals surface area contributed by atoms with Crippen molar-refractivity contribution in [3.63, 3.8) is 0 Å². The summed E-state index contributed by atoms with van der Waals surface area (Å²) in [4.78, 5) is 14.1. The van der Waals surface area contributed by atoms with Crippen molar-refractivity contribution in [2.45, 2.75) is 32.4 Å². The van der Waals surface area contributed by atoms with Crippen molar-refractivity contribution in [3.8, 4) is 0 Å². The summed E-state index contributed by atoms with van der Waals surface area (Å²) in [5.74, 6) is 0.435. The lowest BCUT2D eigenvalue weighted by atomic mass is 10.1. The van der Waals surface area contributed by atoms with E-state index in [1.807, 2.05) is 11.8 Å². The van der Waals surface area contributed by atoms with Crippen LogP contribution in [0.4, 0.5) is 13.2 Å². The maximum Gasteiger partial charge on any atom is 0.416 e. The van der Waals surface area contributed by atoms with Gasteiger partial charge in [0.15, 0.2) is 0 Å². The number of rotatable bonds is 6. The Labute approximate surface area is 134 Å². The van der Waals surface area contributed by atoms with Crippen LogP contribution in [-0.4, -0.2) is 37.1 Å². The van der Waals surface area contributed by atoms with Crippen molar-refractivity contribution < 1.29 is 22.7 Å². The molecule has 0 aromatic heterocycles. The van der Waals surface area contributed by atoms with Crippen LogP contribution in [0.3, 0.4) is 0 Å². The molecule has 1 fully saturated rings. The molecule has 0 saturated carbocycles. The third-order valence-corrected chi connectivity index (χ3v) is 4.15. The van der Waals surface area contributed by atoms with Crippen LogP contribution in [0.1, 0.15) is 30.9 Å². The van der Waals surface area contributed by atoms with Crippen molar-refractivity contribution in [2.24, 2.45) is 5.92 Å². The average Bonchev–Trinajstić information content (AvgIpc) is 3.03. The van der Waals surface area contributed by atoms with E-state index in [1.165, 1.54) is 12.1 Å². The monoisotopic (exact) mass is 329 g/mol. The molecule has 0 aliphatic carbocycles. The SMILES string of the molecule is CCN(C[C@H]1CCOC1)C(=O)CCc1ccc(C(F)(F)F)cc1. The number of benzene rings is 1. The van der Waals surface area contributed by atoms with E-state index in [-0.39, 0.29) is 5.91 Å². The minimum Gasteiger partial charge on any atom is -0.381 e. The first kappa shape index (κ1) is 17.8. The molecule has 0 bridgehead atoms. The van der Waals surface area contributed by atoms with E-state index in [1.54, 1.807) is 0 Å². The predicted octanol–water partition coefficient (Wildman–Crippen LogP) is 3.52. The van der Waals surface area contributed by atoms with Gasteiger partial charge in [-0.1, -0.05) is 12.1 Å². The molecular formula is C17H22F3NO2. The Morgan fingerprint density at radius 1 is 1.30 bits per heavy atom. The highest BCUT2D eigenvalue weighted by molar-refractivity contribution is 5.76. The number of ether oxygens (including phenoxy) is 1. The van der Waals surface area contributed by atoms with Gasteiger partial charge in [-0.25, -0.2) is 0 Å². The fourth-order valence-electron chi connectivity index (χ4n) is 2.72. The second kappa shape index (κ2) is 7.81. The lowest BCUT2D eigenvalue weighted by Gasteiger charge is -2.23. The molecule has 1 atom stereocenters. The van der Waals surface area contributed by atoms with Gasteiger partial charge >= 0.3 is 6.18 Å². The first-order chi connectivity index (χ1) is 10.9. The maximum atomic E-state index is 12.5. The number of amides is 1. The van der Waals surface area contributed by atoms with Crippen molar-refractivity contribution in [1.82, 2.24) is 4.90 Å². The maximum absolute atomic E-state index is 12.5. The molecule has 1 amide bonds. The third kappa shape index (κ3) is 5.23. The van der Waals surface area contributed by atoms with Gasteiger partial charge in [0.25, 0.3) is 0 Å². The summed E-state index contributed by atoms with van der Waals surface area (Å²) in [6.45, 7) is 4.72. The number of hydrogen-bond acceptors (Lipinski definition) is 2. The van der Waals surface area contributed by atoms with E-state index in [0.717, 1.165) is 30.7 Å².